The van der Waals surface area contributed by atoms with Crippen molar-refractivity contribution >= 4 is 46.2 Å². The number of oxime groups is 2. The molecule has 3 rings (SSSR count). The molecular weight excluding hydrogens is 430 g/mol. The Morgan fingerprint density at radius 2 is 2.32 bits per heavy atom. The zero-order valence-electron chi connectivity index (χ0n) is 16.3. The van der Waals surface area contributed by atoms with Crippen LogP contribution in [0.25, 0.3) is 0 Å². The molecule has 0 saturated carbocycles. The molecule has 0 radical (unpaired) electrons. The van der Waals surface area contributed by atoms with Gasteiger partial charge in [-0.2, -0.15) is 0 Å². The Hall–Kier alpha value is -3.78. The molecule has 2 aliphatic rings. The average Bonchev–Trinajstić information content (AvgIpc) is 3.38. The van der Waals surface area contributed by atoms with Crippen LogP contribution in [0.5, 0.6) is 0 Å². The van der Waals surface area contributed by atoms with E-state index >= 15 is 0 Å². The van der Waals surface area contributed by atoms with Crippen molar-refractivity contribution in [3.8, 4) is 0 Å². The van der Waals surface area contributed by atoms with Crippen LogP contribution in [0, 0.1) is 0 Å². The molecule has 164 valence electrons. The Morgan fingerprint density at radius 3 is 2.94 bits per heavy atom. The van der Waals surface area contributed by atoms with Crippen LogP contribution in [-0.4, -0.2) is 82.7 Å². The lowest BCUT2D eigenvalue weighted by molar-refractivity contribution is -0.143. The number of nitrogens with zero attached hydrogens (tertiary/aromatic N) is 5. The van der Waals surface area contributed by atoms with Crippen molar-refractivity contribution in [2.24, 2.45) is 10.3 Å². The number of carboxylic acids is 1. The summed E-state index contributed by atoms with van der Waals surface area (Å²) in [6.07, 6.45) is 2.72. The van der Waals surface area contributed by atoms with Crippen molar-refractivity contribution in [1.29, 1.82) is 0 Å². The van der Waals surface area contributed by atoms with E-state index in [-0.39, 0.29) is 47.5 Å². The molecule has 1 aromatic rings. The molecule has 1 saturated heterocycles. The monoisotopic (exact) mass is 449 g/mol. The number of carbonyl (C=O) groups is 3. The summed E-state index contributed by atoms with van der Waals surface area (Å²) in [6, 6.07) is -1.00. The quantitative estimate of drug-likeness (QED) is 0.188. The van der Waals surface area contributed by atoms with Crippen LogP contribution in [0.2, 0.25) is 0 Å². The minimum atomic E-state index is -1.31. The number of fused-ring (bicyclic) bond motifs is 1. The van der Waals surface area contributed by atoms with E-state index in [0.717, 1.165) is 16.3 Å². The van der Waals surface area contributed by atoms with Gasteiger partial charge in [-0.25, -0.2) is 19.8 Å². The van der Waals surface area contributed by atoms with E-state index in [4.69, 9.17) is 15.4 Å². The third kappa shape index (κ3) is 4.54. The van der Waals surface area contributed by atoms with Crippen LogP contribution >= 0.6 is 11.3 Å². The largest absolute Gasteiger partial charge is 0.477 e. The van der Waals surface area contributed by atoms with Gasteiger partial charge in [-0.05, 0) is 0 Å². The second kappa shape index (κ2) is 9.36. The molecule has 31 heavy (non-hydrogen) atoms. The van der Waals surface area contributed by atoms with Crippen molar-refractivity contribution in [3.63, 3.8) is 0 Å². The van der Waals surface area contributed by atoms with Gasteiger partial charge in [0.2, 0.25) is 0 Å². The van der Waals surface area contributed by atoms with Crippen molar-refractivity contribution in [1.82, 2.24) is 20.3 Å². The van der Waals surface area contributed by atoms with Gasteiger partial charge in [0.05, 0.1) is 6.21 Å². The highest BCUT2D eigenvalue weighted by Crippen LogP contribution is 2.28. The highest BCUT2D eigenvalue weighted by molar-refractivity contribution is 7.13. The third-order valence-corrected chi connectivity index (χ3v) is 4.87. The van der Waals surface area contributed by atoms with E-state index in [2.05, 4.69) is 27.2 Å². The molecule has 1 aromatic heterocycles. The summed E-state index contributed by atoms with van der Waals surface area (Å²) in [6.45, 7) is 3.78. The second-order valence-electron chi connectivity index (χ2n) is 6.21. The van der Waals surface area contributed by atoms with E-state index in [9.17, 15) is 19.5 Å². The second-order valence-corrected chi connectivity index (χ2v) is 7.10. The van der Waals surface area contributed by atoms with E-state index in [1.807, 2.05) is 0 Å². The smallest absolute Gasteiger partial charge is 0.354 e. The Morgan fingerprint density at radius 1 is 1.55 bits per heavy atom. The number of hydrogen-bond acceptors (Lipinski definition) is 11. The molecule has 2 amide bonds. The van der Waals surface area contributed by atoms with Crippen LogP contribution in [0.15, 0.2) is 39.6 Å². The van der Waals surface area contributed by atoms with Gasteiger partial charge in [0.15, 0.2) is 16.5 Å². The van der Waals surface area contributed by atoms with E-state index < -0.39 is 23.8 Å². The fourth-order valence-electron chi connectivity index (χ4n) is 3.00. The lowest BCUT2D eigenvalue weighted by Crippen LogP contribution is -2.46. The van der Waals surface area contributed by atoms with Gasteiger partial charge in [-0.3, -0.25) is 9.59 Å². The van der Waals surface area contributed by atoms with Crippen LogP contribution < -0.4 is 11.1 Å². The number of thiazole rings is 1. The van der Waals surface area contributed by atoms with Crippen molar-refractivity contribution < 1.29 is 29.2 Å². The standard InChI is InChI=1S/C17H19N7O6S/c1-3-4-30-19-5-9-6-23-7-10(15(26)24(23)13(9)16(27)28)20-14(25)12(22-29-2)11-8-31-17(18)21-11/h3,5,8,10H,1,4,6-7H2,2H3,(H2,18,21)(H,20,25)(H,27,28)/b19-5+,22-12-/t10-/m0/s1. The number of aromatic nitrogens is 1. The molecular formula is C17H19N7O6S. The van der Waals surface area contributed by atoms with Gasteiger partial charge in [0.1, 0.15) is 25.5 Å². The Balaban J connectivity index is 1.76. The fraction of sp³-hybridized carbons (Fsp3) is 0.294. The zero-order chi connectivity index (χ0) is 22.5. The maximum Gasteiger partial charge on any atom is 0.354 e. The maximum atomic E-state index is 12.9. The predicted molar refractivity (Wildman–Crippen MR) is 110 cm³/mol. The Bertz CT molecular complexity index is 1000. The van der Waals surface area contributed by atoms with Gasteiger partial charge >= 0.3 is 5.97 Å². The van der Waals surface area contributed by atoms with Gasteiger partial charge in [0, 0.05) is 24.0 Å². The molecule has 1 atom stereocenters. The Labute approximate surface area is 180 Å². The van der Waals surface area contributed by atoms with Crippen molar-refractivity contribution in [2.45, 2.75) is 6.04 Å². The Kier molecular flexibility index (Phi) is 6.61. The summed E-state index contributed by atoms with van der Waals surface area (Å²) >= 11 is 1.11. The van der Waals surface area contributed by atoms with Crippen LogP contribution in [-0.2, 0) is 24.1 Å². The van der Waals surface area contributed by atoms with Gasteiger partial charge in [-0.15, -0.1) is 11.3 Å². The summed E-state index contributed by atoms with van der Waals surface area (Å²) in [4.78, 5) is 50.9. The van der Waals surface area contributed by atoms with Gasteiger partial charge in [-0.1, -0.05) is 23.0 Å². The predicted octanol–water partition coefficient (Wildman–Crippen LogP) is -0.839. The lowest BCUT2D eigenvalue weighted by atomic mass is 10.2. The minimum Gasteiger partial charge on any atom is -0.477 e. The summed E-state index contributed by atoms with van der Waals surface area (Å²) in [5, 5.41) is 23.7. The third-order valence-electron chi connectivity index (χ3n) is 4.20. The van der Waals surface area contributed by atoms with Crippen molar-refractivity contribution in [3.05, 3.63) is 35.0 Å². The normalized spacial score (nSPS) is 19.1. The molecule has 1 fully saturated rings. The lowest BCUT2D eigenvalue weighted by Gasteiger charge is -2.19. The highest BCUT2D eigenvalue weighted by Gasteiger charge is 2.48. The number of nitrogen functional groups attached to an aromatic ring is 1. The molecule has 3 heterocycles. The summed E-state index contributed by atoms with van der Waals surface area (Å²) in [5.41, 5.74) is 5.65. The molecule has 0 aromatic carbocycles. The number of amides is 2. The molecule has 0 spiro atoms. The number of nitrogens with one attached hydrogen (secondary N) is 1. The number of aliphatic carboxylic acids is 1. The number of anilines is 1. The number of carboxylic acid groups (broad SMARTS) is 1. The number of hydrazine groups is 1. The first-order valence-electron chi connectivity index (χ1n) is 8.82. The van der Waals surface area contributed by atoms with E-state index in [1.54, 1.807) is 0 Å². The van der Waals surface area contributed by atoms with E-state index in [1.165, 1.54) is 29.8 Å². The van der Waals surface area contributed by atoms with Gasteiger partial charge < -0.3 is 25.8 Å². The average molecular weight is 449 g/mol. The number of hydrogen-bond donors (Lipinski definition) is 3. The van der Waals surface area contributed by atoms with Crippen molar-refractivity contribution in [2.75, 3.05) is 32.5 Å². The van der Waals surface area contributed by atoms with E-state index in [0.29, 0.717) is 0 Å². The highest BCUT2D eigenvalue weighted by atomic mass is 32.1. The topological polar surface area (TPSA) is 172 Å². The minimum absolute atomic E-state index is 0.0473. The number of nitrogens with two attached hydrogens (primary N) is 1. The summed E-state index contributed by atoms with van der Waals surface area (Å²) in [5.74, 6) is -2.64. The molecule has 0 unspecified atom stereocenters. The van der Waals surface area contributed by atoms with Crippen LogP contribution in [0.4, 0.5) is 5.13 Å². The molecule has 0 aliphatic carbocycles. The summed E-state index contributed by atoms with van der Waals surface area (Å²) < 4.78 is 0. The van der Waals surface area contributed by atoms with Crippen LogP contribution in [0.1, 0.15) is 5.69 Å². The first-order chi connectivity index (χ1) is 14.9. The zero-order valence-corrected chi connectivity index (χ0v) is 17.2. The molecule has 0 bridgehead atoms. The molecule has 14 heteroatoms. The van der Waals surface area contributed by atoms with Crippen LogP contribution in [0.3, 0.4) is 0 Å². The number of carbonyl (C=O) groups excluding carboxylic acids is 2. The summed E-state index contributed by atoms with van der Waals surface area (Å²) in [7, 11) is 1.26. The molecule has 4 N–H and O–H groups in total. The maximum absolute atomic E-state index is 12.9. The molecule has 2 aliphatic heterocycles. The number of rotatable bonds is 9. The fourth-order valence-corrected chi connectivity index (χ4v) is 3.55. The van der Waals surface area contributed by atoms with Gasteiger partial charge in [0.25, 0.3) is 11.8 Å². The SMILES string of the molecule is C=CCO/N=C/C1=C(C(=O)O)N2C(=O)[C@@H](NC(=O)/C(=N\OC)c3csc(N)n3)CN2C1. The molecule has 13 nitrogen and oxygen atoms in total. The first kappa shape index (κ1) is 21.9. The first-order valence-corrected chi connectivity index (χ1v) is 9.70.